The fraction of sp³-hybridized carbons (Fsp3) is 0. The Hall–Kier alpha value is -2.58. The third kappa shape index (κ3) is 3.54. The summed E-state index contributed by atoms with van der Waals surface area (Å²) in [5, 5.41) is 7.84. The van der Waals surface area contributed by atoms with Gasteiger partial charge in [0.15, 0.2) is 12.7 Å². The molecule has 0 fully saturated rings. The minimum Gasteiger partial charge on any atom is -0.384 e. The Labute approximate surface area is 128 Å². The zero-order chi connectivity index (χ0) is 15.4. The first kappa shape index (κ1) is 14.4. The maximum absolute atomic E-state index is 12.7. The lowest BCUT2D eigenvalue weighted by Gasteiger charge is -2.16. The van der Waals surface area contributed by atoms with E-state index in [0.717, 1.165) is 9.69 Å². The number of aromatic nitrogens is 6. The Balaban J connectivity index is 1.84. The Bertz CT molecular complexity index is 723. The summed E-state index contributed by atoms with van der Waals surface area (Å²) in [4.78, 5) is 9.01. The molecule has 0 aliphatic carbocycles. The molecule has 0 amide bonds. The van der Waals surface area contributed by atoms with E-state index in [1.807, 2.05) is 0 Å². The maximum Gasteiger partial charge on any atom is 0.689 e. The molecule has 0 N–H and O–H groups in total. The van der Waals surface area contributed by atoms with Crippen LogP contribution in [-0.4, -0.2) is 29.9 Å². The first-order valence-electron chi connectivity index (χ1n) is 5.78. The molecule has 0 aliphatic heterocycles. The number of phosphoric acid groups is 1. The molecular weight excluding hydrogens is 335 g/mol. The predicted octanol–water partition coefficient (Wildman–Crippen LogP) is 1.27. The topological polar surface area (TPSA) is 106 Å². The number of hydrogen-bond acceptors (Lipinski definition) is 8. The van der Waals surface area contributed by atoms with Gasteiger partial charge in [0, 0.05) is 5.02 Å². The molecule has 0 radical (unpaired) electrons. The van der Waals surface area contributed by atoms with Crippen LogP contribution in [0, 0.1) is 0 Å². The van der Waals surface area contributed by atoms with Crippen molar-refractivity contribution in [2.45, 2.75) is 0 Å². The molecule has 10 nitrogen and oxygen atoms in total. The number of rotatable bonds is 6. The van der Waals surface area contributed by atoms with Gasteiger partial charge in [0.05, 0.1) is 0 Å². The van der Waals surface area contributed by atoms with Crippen molar-refractivity contribution in [1.82, 2.24) is 29.9 Å². The quantitative estimate of drug-likeness (QED) is 0.616. The Kier molecular flexibility index (Phi) is 3.94. The third-order valence-electron chi connectivity index (χ3n) is 2.19. The highest BCUT2D eigenvalue weighted by molar-refractivity contribution is 7.49. The van der Waals surface area contributed by atoms with Gasteiger partial charge in [-0.3, -0.25) is 9.25 Å². The van der Waals surface area contributed by atoms with Gasteiger partial charge in [-0.2, -0.15) is 4.57 Å². The van der Waals surface area contributed by atoms with Gasteiger partial charge in [-0.15, -0.1) is 10.2 Å². The van der Waals surface area contributed by atoms with Crippen LogP contribution in [0.1, 0.15) is 0 Å². The minimum absolute atomic E-state index is 0.216. The maximum atomic E-state index is 12.7. The summed E-state index contributed by atoms with van der Waals surface area (Å²) in [7, 11) is -4.16. The summed E-state index contributed by atoms with van der Waals surface area (Å²) in [6.45, 7) is 0. The van der Waals surface area contributed by atoms with E-state index in [9.17, 15) is 4.57 Å². The molecule has 0 aliphatic rings. The number of halogens is 1. The molecule has 0 atom stereocenters. The van der Waals surface area contributed by atoms with Crippen LogP contribution in [0.4, 0.5) is 0 Å². The van der Waals surface area contributed by atoms with Crippen LogP contribution in [0.25, 0.3) is 0 Å². The lowest BCUT2D eigenvalue weighted by molar-refractivity contribution is 0.104. The first-order chi connectivity index (χ1) is 10.6. The monoisotopic (exact) mass is 342 g/mol. The van der Waals surface area contributed by atoms with Crippen molar-refractivity contribution in [3.8, 4) is 5.75 Å². The normalized spacial score (nSPS) is 11.1. The van der Waals surface area contributed by atoms with E-state index in [1.54, 1.807) is 12.1 Å². The van der Waals surface area contributed by atoms with Crippen LogP contribution < -0.4 is 13.8 Å². The molecule has 1 aromatic carbocycles. The molecule has 2 heterocycles. The molecule has 22 heavy (non-hydrogen) atoms. The highest BCUT2D eigenvalue weighted by atomic mass is 35.5. The van der Waals surface area contributed by atoms with Crippen LogP contribution in [0.3, 0.4) is 0 Å². The average Bonchev–Trinajstić information content (AvgIpc) is 3.15. The molecule has 0 saturated heterocycles. The van der Waals surface area contributed by atoms with Gasteiger partial charge >= 0.3 is 7.82 Å². The van der Waals surface area contributed by atoms with Crippen LogP contribution >= 0.6 is 19.4 Å². The standard InChI is InChI=1S/C10H8ClN6O4P/c11-9-1-3-10(4-2-9)19-22(18,20-16-7-12-5-14-16)21-17-8-13-6-15-17/h1-8H. The largest absolute Gasteiger partial charge is 0.689 e. The van der Waals surface area contributed by atoms with E-state index in [2.05, 4.69) is 20.2 Å². The van der Waals surface area contributed by atoms with E-state index in [0.29, 0.717) is 5.02 Å². The van der Waals surface area contributed by atoms with Crippen molar-refractivity contribution in [2.75, 3.05) is 0 Å². The SMILES string of the molecule is O=P(Oc1ccc(Cl)cc1)(On1cncn1)On1cncn1. The molecule has 0 spiro atoms. The molecule has 0 bridgehead atoms. The van der Waals surface area contributed by atoms with Crippen molar-refractivity contribution in [1.29, 1.82) is 0 Å². The lowest BCUT2D eigenvalue weighted by atomic mass is 10.3. The Morgan fingerprint density at radius 3 is 1.95 bits per heavy atom. The average molecular weight is 343 g/mol. The first-order valence-corrected chi connectivity index (χ1v) is 7.61. The van der Waals surface area contributed by atoms with Gasteiger partial charge < -0.3 is 4.52 Å². The van der Waals surface area contributed by atoms with Crippen molar-refractivity contribution in [3.05, 3.63) is 54.6 Å². The summed E-state index contributed by atoms with van der Waals surface area (Å²) in [5.74, 6) is 0.216. The fourth-order valence-corrected chi connectivity index (χ4v) is 2.54. The van der Waals surface area contributed by atoms with Crippen molar-refractivity contribution < 1.29 is 18.3 Å². The summed E-state index contributed by atoms with van der Waals surface area (Å²) in [6, 6.07) is 6.13. The smallest absolute Gasteiger partial charge is 0.384 e. The fourth-order valence-electron chi connectivity index (χ4n) is 1.36. The van der Waals surface area contributed by atoms with Crippen LogP contribution in [0.5, 0.6) is 5.75 Å². The van der Waals surface area contributed by atoms with E-state index in [4.69, 9.17) is 25.4 Å². The van der Waals surface area contributed by atoms with E-state index in [-0.39, 0.29) is 5.75 Å². The molecule has 3 aromatic rings. The van der Waals surface area contributed by atoms with Gasteiger partial charge in [-0.05, 0) is 24.3 Å². The third-order valence-corrected chi connectivity index (χ3v) is 3.61. The highest BCUT2D eigenvalue weighted by Crippen LogP contribution is 2.43. The molecule has 12 heteroatoms. The zero-order valence-corrected chi connectivity index (χ0v) is 12.4. The second-order valence-corrected chi connectivity index (χ2v) is 5.59. The lowest BCUT2D eigenvalue weighted by Crippen LogP contribution is -2.22. The van der Waals surface area contributed by atoms with Gasteiger partial charge in [0.25, 0.3) is 0 Å². The second-order valence-electron chi connectivity index (χ2n) is 3.75. The molecular formula is C10H8ClN6O4P. The van der Waals surface area contributed by atoms with Crippen molar-refractivity contribution >= 4 is 19.4 Å². The molecule has 114 valence electrons. The number of nitrogens with zero attached hydrogens (tertiary/aromatic N) is 6. The summed E-state index contributed by atoms with van der Waals surface area (Å²) in [5.41, 5.74) is 0. The van der Waals surface area contributed by atoms with E-state index >= 15 is 0 Å². The van der Waals surface area contributed by atoms with Crippen LogP contribution in [0.2, 0.25) is 5.02 Å². The van der Waals surface area contributed by atoms with Gasteiger partial charge in [0.2, 0.25) is 0 Å². The predicted molar refractivity (Wildman–Crippen MR) is 72.9 cm³/mol. The number of hydrogen-bond donors (Lipinski definition) is 0. The second kappa shape index (κ2) is 6.04. The van der Waals surface area contributed by atoms with Crippen molar-refractivity contribution in [2.24, 2.45) is 0 Å². The summed E-state index contributed by atoms with van der Waals surface area (Å²) in [6.07, 6.45) is 4.76. The van der Waals surface area contributed by atoms with Gasteiger partial charge in [-0.25, -0.2) is 9.97 Å². The molecule has 0 unspecified atom stereocenters. The zero-order valence-electron chi connectivity index (χ0n) is 10.8. The van der Waals surface area contributed by atoms with Crippen LogP contribution in [-0.2, 0) is 4.57 Å². The Morgan fingerprint density at radius 2 is 1.50 bits per heavy atom. The van der Waals surface area contributed by atoms with Gasteiger partial charge in [0.1, 0.15) is 18.4 Å². The number of benzene rings is 1. The van der Waals surface area contributed by atoms with E-state index < -0.39 is 7.82 Å². The summed E-state index contributed by atoms with van der Waals surface area (Å²) < 4.78 is 28.2. The van der Waals surface area contributed by atoms with E-state index in [1.165, 1.54) is 37.4 Å². The van der Waals surface area contributed by atoms with Crippen molar-refractivity contribution in [3.63, 3.8) is 0 Å². The molecule has 3 rings (SSSR count). The molecule has 0 saturated carbocycles. The molecule has 2 aromatic heterocycles. The Morgan fingerprint density at radius 1 is 0.955 bits per heavy atom. The highest BCUT2D eigenvalue weighted by Gasteiger charge is 2.36. The summed E-state index contributed by atoms with van der Waals surface area (Å²) >= 11 is 5.78. The minimum atomic E-state index is -4.16. The van der Waals surface area contributed by atoms with Gasteiger partial charge in [-0.1, -0.05) is 21.3 Å². The van der Waals surface area contributed by atoms with Crippen LogP contribution in [0.15, 0.2) is 49.6 Å².